The SMILES string of the molecule is CC[C@@H](N)c1csc(C(F)F)c1. The van der Waals surface area contributed by atoms with Gasteiger partial charge in [-0.05, 0) is 23.4 Å². The van der Waals surface area contributed by atoms with Crippen molar-refractivity contribution < 1.29 is 8.78 Å². The fourth-order valence-corrected chi connectivity index (χ4v) is 1.73. The molecule has 0 aliphatic carbocycles. The molecule has 0 spiro atoms. The predicted molar refractivity (Wildman–Crippen MR) is 46.5 cm³/mol. The van der Waals surface area contributed by atoms with E-state index in [1.807, 2.05) is 6.92 Å². The van der Waals surface area contributed by atoms with Crippen LogP contribution in [0.4, 0.5) is 8.78 Å². The maximum Gasteiger partial charge on any atom is 0.272 e. The molecule has 0 saturated carbocycles. The summed E-state index contributed by atoms with van der Waals surface area (Å²) in [6, 6.07) is 1.39. The summed E-state index contributed by atoms with van der Waals surface area (Å²) in [5, 5.41) is 1.70. The van der Waals surface area contributed by atoms with Gasteiger partial charge in [0.25, 0.3) is 6.43 Å². The molecule has 1 atom stereocenters. The average Bonchev–Trinajstić information content (AvgIpc) is 2.51. The minimum atomic E-state index is -2.37. The van der Waals surface area contributed by atoms with Gasteiger partial charge < -0.3 is 5.73 Å². The number of rotatable bonds is 3. The first-order chi connectivity index (χ1) is 5.65. The van der Waals surface area contributed by atoms with Gasteiger partial charge in [-0.15, -0.1) is 11.3 Å². The third-order valence-corrected chi connectivity index (χ3v) is 2.68. The maximum absolute atomic E-state index is 12.1. The van der Waals surface area contributed by atoms with E-state index in [4.69, 9.17) is 5.73 Å². The first-order valence-corrected chi connectivity index (χ1v) is 4.65. The highest BCUT2D eigenvalue weighted by atomic mass is 32.1. The van der Waals surface area contributed by atoms with Gasteiger partial charge in [0.05, 0.1) is 4.88 Å². The van der Waals surface area contributed by atoms with E-state index >= 15 is 0 Å². The van der Waals surface area contributed by atoms with Crippen LogP contribution in [0.25, 0.3) is 0 Å². The van der Waals surface area contributed by atoms with Crippen LogP contribution < -0.4 is 5.73 Å². The Bertz CT molecular complexity index is 247. The molecular weight excluding hydrogens is 180 g/mol. The molecule has 1 aromatic rings. The largest absolute Gasteiger partial charge is 0.324 e. The van der Waals surface area contributed by atoms with Gasteiger partial charge in [0.1, 0.15) is 0 Å². The Morgan fingerprint density at radius 3 is 2.67 bits per heavy atom. The normalized spacial score (nSPS) is 13.8. The molecule has 0 aliphatic heterocycles. The summed E-state index contributed by atoms with van der Waals surface area (Å²) in [5.41, 5.74) is 6.49. The fraction of sp³-hybridized carbons (Fsp3) is 0.500. The topological polar surface area (TPSA) is 26.0 Å². The molecule has 68 valence electrons. The maximum atomic E-state index is 12.1. The van der Waals surface area contributed by atoms with Crippen molar-refractivity contribution in [1.29, 1.82) is 0 Å². The summed E-state index contributed by atoms with van der Waals surface area (Å²) >= 11 is 1.07. The van der Waals surface area contributed by atoms with E-state index in [2.05, 4.69) is 0 Å². The van der Waals surface area contributed by atoms with Crippen LogP contribution in [0.2, 0.25) is 0 Å². The van der Waals surface area contributed by atoms with Crippen molar-refractivity contribution in [2.24, 2.45) is 5.73 Å². The van der Waals surface area contributed by atoms with Crippen molar-refractivity contribution in [2.45, 2.75) is 25.8 Å². The van der Waals surface area contributed by atoms with Crippen LogP contribution in [0.15, 0.2) is 11.4 Å². The van der Waals surface area contributed by atoms with E-state index in [9.17, 15) is 8.78 Å². The van der Waals surface area contributed by atoms with Gasteiger partial charge in [-0.1, -0.05) is 6.92 Å². The zero-order chi connectivity index (χ0) is 9.14. The standard InChI is InChI=1S/C8H11F2NS/c1-2-6(11)5-3-7(8(9)10)12-4-5/h3-4,6,8H,2,11H2,1H3/t6-/m1/s1. The molecule has 0 saturated heterocycles. The molecule has 0 fully saturated rings. The Kier molecular flexibility index (Phi) is 3.17. The lowest BCUT2D eigenvalue weighted by Crippen LogP contribution is -2.06. The number of hydrogen-bond donors (Lipinski definition) is 1. The quantitative estimate of drug-likeness (QED) is 0.780. The van der Waals surface area contributed by atoms with Crippen LogP contribution in [-0.4, -0.2) is 0 Å². The van der Waals surface area contributed by atoms with Gasteiger partial charge in [0.2, 0.25) is 0 Å². The molecule has 1 aromatic heterocycles. The number of alkyl halides is 2. The van der Waals surface area contributed by atoms with Crippen LogP contribution in [0.5, 0.6) is 0 Å². The van der Waals surface area contributed by atoms with Crippen LogP contribution in [0, 0.1) is 0 Å². The van der Waals surface area contributed by atoms with Gasteiger partial charge >= 0.3 is 0 Å². The lowest BCUT2D eigenvalue weighted by atomic mass is 10.1. The minimum Gasteiger partial charge on any atom is -0.324 e. The van der Waals surface area contributed by atoms with Crippen LogP contribution in [0.1, 0.15) is 36.3 Å². The molecule has 1 heterocycles. The van der Waals surface area contributed by atoms with Crippen molar-refractivity contribution in [3.8, 4) is 0 Å². The van der Waals surface area contributed by atoms with E-state index in [1.165, 1.54) is 6.07 Å². The van der Waals surface area contributed by atoms with E-state index in [1.54, 1.807) is 5.38 Å². The van der Waals surface area contributed by atoms with Crippen molar-refractivity contribution in [2.75, 3.05) is 0 Å². The number of hydrogen-bond acceptors (Lipinski definition) is 2. The second-order valence-corrected chi connectivity index (χ2v) is 3.54. The molecule has 0 radical (unpaired) electrons. The summed E-state index contributed by atoms with van der Waals surface area (Å²) in [4.78, 5) is 0.105. The summed E-state index contributed by atoms with van der Waals surface area (Å²) < 4.78 is 24.2. The Morgan fingerprint density at radius 1 is 1.58 bits per heavy atom. The Morgan fingerprint density at radius 2 is 2.25 bits per heavy atom. The average molecular weight is 191 g/mol. The monoisotopic (exact) mass is 191 g/mol. The smallest absolute Gasteiger partial charge is 0.272 e. The highest BCUT2D eigenvalue weighted by molar-refractivity contribution is 7.10. The van der Waals surface area contributed by atoms with E-state index in [-0.39, 0.29) is 10.9 Å². The third kappa shape index (κ3) is 2.01. The van der Waals surface area contributed by atoms with Gasteiger partial charge in [-0.25, -0.2) is 8.78 Å². The molecule has 1 rings (SSSR count). The molecule has 0 aromatic carbocycles. The minimum absolute atomic E-state index is 0.103. The molecule has 0 amide bonds. The number of halogens is 2. The van der Waals surface area contributed by atoms with Gasteiger partial charge in [-0.3, -0.25) is 0 Å². The summed E-state index contributed by atoms with van der Waals surface area (Å²) in [7, 11) is 0. The van der Waals surface area contributed by atoms with Crippen LogP contribution >= 0.6 is 11.3 Å². The van der Waals surface area contributed by atoms with Gasteiger partial charge in [-0.2, -0.15) is 0 Å². The molecule has 0 aliphatic rings. The Hall–Kier alpha value is -0.480. The Balaban J connectivity index is 2.77. The fourth-order valence-electron chi connectivity index (χ4n) is 0.913. The first kappa shape index (κ1) is 9.61. The molecule has 0 bridgehead atoms. The molecule has 4 heteroatoms. The zero-order valence-electron chi connectivity index (χ0n) is 6.76. The highest BCUT2D eigenvalue weighted by Crippen LogP contribution is 2.28. The van der Waals surface area contributed by atoms with Crippen LogP contribution in [-0.2, 0) is 0 Å². The number of thiophene rings is 1. The number of nitrogens with two attached hydrogens (primary N) is 1. The lowest BCUT2D eigenvalue weighted by molar-refractivity contribution is 0.155. The van der Waals surface area contributed by atoms with Crippen molar-refractivity contribution in [3.05, 3.63) is 21.9 Å². The Labute approximate surface area is 74.2 Å². The molecule has 0 unspecified atom stereocenters. The molecule has 1 nitrogen and oxygen atoms in total. The summed E-state index contributed by atoms with van der Waals surface area (Å²) in [5.74, 6) is 0. The third-order valence-electron chi connectivity index (χ3n) is 1.72. The van der Waals surface area contributed by atoms with Crippen LogP contribution in [0.3, 0.4) is 0 Å². The molecular formula is C8H11F2NS. The predicted octanol–water partition coefficient (Wildman–Crippen LogP) is 3.10. The van der Waals surface area contributed by atoms with Crippen molar-refractivity contribution in [3.63, 3.8) is 0 Å². The van der Waals surface area contributed by atoms with Gasteiger partial charge in [0.15, 0.2) is 0 Å². The van der Waals surface area contributed by atoms with E-state index < -0.39 is 6.43 Å². The van der Waals surface area contributed by atoms with E-state index in [0.29, 0.717) is 0 Å². The second-order valence-electron chi connectivity index (χ2n) is 2.60. The molecule has 12 heavy (non-hydrogen) atoms. The van der Waals surface area contributed by atoms with Crippen molar-refractivity contribution in [1.82, 2.24) is 0 Å². The second kappa shape index (κ2) is 3.96. The first-order valence-electron chi connectivity index (χ1n) is 3.77. The lowest BCUT2D eigenvalue weighted by Gasteiger charge is -2.03. The summed E-state index contributed by atoms with van der Waals surface area (Å²) in [6.07, 6.45) is -1.59. The van der Waals surface area contributed by atoms with E-state index in [0.717, 1.165) is 23.3 Å². The highest BCUT2D eigenvalue weighted by Gasteiger charge is 2.12. The summed E-state index contributed by atoms with van der Waals surface area (Å²) in [6.45, 7) is 1.93. The van der Waals surface area contributed by atoms with Gasteiger partial charge in [0, 0.05) is 6.04 Å². The molecule has 2 N–H and O–H groups in total. The van der Waals surface area contributed by atoms with Crippen molar-refractivity contribution >= 4 is 11.3 Å². The zero-order valence-corrected chi connectivity index (χ0v) is 7.57.